The Kier molecular flexibility index (Phi) is 4.12. The van der Waals surface area contributed by atoms with Gasteiger partial charge in [-0.15, -0.1) is 0 Å². The summed E-state index contributed by atoms with van der Waals surface area (Å²) in [6.45, 7) is 0. The Morgan fingerprint density at radius 1 is 1.16 bits per heavy atom. The zero-order chi connectivity index (χ0) is 13.8. The van der Waals surface area contributed by atoms with Crippen LogP contribution in [0.1, 0.15) is 26.3 Å². The van der Waals surface area contributed by atoms with Gasteiger partial charge in [-0.05, 0) is 42.5 Å². The van der Waals surface area contributed by atoms with Crippen LogP contribution in [0.25, 0.3) is 0 Å². The number of methoxy groups -OCH3 is 1. The lowest BCUT2D eigenvalue weighted by Crippen LogP contribution is -2.05. The van der Waals surface area contributed by atoms with E-state index in [1.165, 1.54) is 7.11 Å². The van der Waals surface area contributed by atoms with E-state index in [1.807, 2.05) is 0 Å². The van der Waals surface area contributed by atoms with Crippen molar-refractivity contribution >= 4 is 28.0 Å². The second-order valence-corrected chi connectivity index (χ2v) is 4.82. The number of benzene rings is 2. The quantitative estimate of drug-likeness (QED) is 0.640. The topological polar surface area (TPSA) is 43.4 Å². The molecule has 0 atom stereocenters. The molecule has 0 radical (unpaired) electrons. The first-order chi connectivity index (χ1) is 9.15. The third kappa shape index (κ3) is 2.90. The molecule has 2 aromatic carbocycles. The maximum atomic E-state index is 12.4. The van der Waals surface area contributed by atoms with E-state index in [0.717, 1.165) is 4.47 Å². The molecule has 0 aliphatic heterocycles. The van der Waals surface area contributed by atoms with Crippen molar-refractivity contribution < 1.29 is 14.3 Å². The van der Waals surface area contributed by atoms with E-state index < -0.39 is 0 Å². The van der Waals surface area contributed by atoms with E-state index in [0.29, 0.717) is 28.7 Å². The Bertz CT molecular complexity index is 618. The number of rotatable bonds is 4. The molecule has 0 saturated heterocycles. The van der Waals surface area contributed by atoms with Gasteiger partial charge >= 0.3 is 0 Å². The molecular weight excluding hydrogens is 308 g/mol. The minimum atomic E-state index is -0.200. The van der Waals surface area contributed by atoms with Crippen molar-refractivity contribution in [2.24, 2.45) is 0 Å². The fourth-order valence-corrected chi connectivity index (χ4v) is 1.98. The van der Waals surface area contributed by atoms with Gasteiger partial charge in [-0.1, -0.05) is 15.9 Å². The highest BCUT2D eigenvalue weighted by molar-refractivity contribution is 9.10. The van der Waals surface area contributed by atoms with Crippen molar-refractivity contribution in [2.45, 2.75) is 0 Å². The zero-order valence-electron chi connectivity index (χ0n) is 10.2. The van der Waals surface area contributed by atoms with Crippen LogP contribution in [0.15, 0.2) is 46.9 Å². The van der Waals surface area contributed by atoms with Gasteiger partial charge in [0.1, 0.15) is 5.75 Å². The van der Waals surface area contributed by atoms with Crippen molar-refractivity contribution in [2.75, 3.05) is 7.11 Å². The number of hydrogen-bond acceptors (Lipinski definition) is 3. The molecule has 0 saturated carbocycles. The second-order valence-electron chi connectivity index (χ2n) is 3.91. The molecule has 2 rings (SSSR count). The monoisotopic (exact) mass is 318 g/mol. The Morgan fingerprint density at radius 3 is 2.42 bits per heavy atom. The first-order valence-corrected chi connectivity index (χ1v) is 6.38. The lowest BCUT2D eigenvalue weighted by molar-refractivity contribution is 0.102. The summed E-state index contributed by atoms with van der Waals surface area (Å²) in [6.07, 6.45) is 0.672. The largest absolute Gasteiger partial charge is 0.497 e. The second kappa shape index (κ2) is 5.80. The van der Waals surface area contributed by atoms with Crippen molar-refractivity contribution in [1.82, 2.24) is 0 Å². The van der Waals surface area contributed by atoms with Crippen LogP contribution in [0.2, 0.25) is 0 Å². The summed E-state index contributed by atoms with van der Waals surface area (Å²) in [5.74, 6) is 0.347. The summed E-state index contributed by atoms with van der Waals surface area (Å²) in [5, 5.41) is 0. The summed E-state index contributed by atoms with van der Waals surface area (Å²) in [7, 11) is 1.52. The number of carbonyl (C=O) groups excluding carboxylic acids is 2. The fourth-order valence-electron chi connectivity index (χ4n) is 1.72. The first-order valence-electron chi connectivity index (χ1n) is 5.59. The Hall–Kier alpha value is -1.94. The maximum Gasteiger partial charge on any atom is 0.193 e. The van der Waals surface area contributed by atoms with Gasteiger partial charge in [-0.3, -0.25) is 9.59 Å². The highest BCUT2D eigenvalue weighted by Gasteiger charge is 2.14. The Morgan fingerprint density at radius 2 is 1.84 bits per heavy atom. The van der Waals surface area contributed by atoms with Gasteiger partial charge in [-0.25, -0.2) is 0 Å². The molecule has 0 heterocycles. The van der Waals surface area contributed by atoms with Gasteiger partial charge in [-0.2, -0.15) is 0 Å². The van der Waals surface area contributed by atoms with Gasteiger partial charge in [0.2, 0.25) is 0 Å². The lowest BCUT2D eigenvalue weighted by atomic mass is 9.99. The van der Waals surface area contributed by atoms with Crippen molar-refractivity contribution in [1.29, 1.82) is 0 Å². The lowest BCUT2D eigenvalue weighted by Gasteiger charge is -2.07. The number of aldehydes is 1. The Balaban J connectivity index is 2.47. The summed E-state index contributed by atoms with van der Waals surface area (Å²) >= 11 is 3.31. The van der Waals surface area contributed by atoms with Crippen LogP contribution in [0, 0.1) is 0 Å². The normalized spacial score (nSPS) is 10.0. The predicted molar refractivity (Wildman–Crippen MR) is 76.0 cm³/mol. The third-order valence-electron chi connectivity index (χ3n) is 2.74. The van der Waals surface area contributed by atoms with Crippen molar-refractivity contribution in [3.05, 3.63) is 63.6 Å². The van der Waals surface area contributed by atoms with Gasteiger partial charge < -0.3 is 4.74 Å². The van der Waals surface area contributed by atoms with Crippen LogP contribution in [-0.2, 0) is 0 Å². The molecule has 0 unspecified atom stereocenters. The molecule has 4 heteroatoms. The molecule has 0 aromatic heterocycles. The molecular formula is C15H11BrO3. The van der Waals surface area contributed by atoms with Crippen LogP contribution in [0.4, 0.5) is 0 Å². The average Bonchev–Trinajstić information content (AvgIpc) is 2.46. The molecule has 19 heavy (non-hydrogen) atoms. The number of ether oxygens (including phenoxy) is 1. The number of halogens is 1. The Labute approximate surface area is 119 Å². The van der Waals surface area contributed by atoms with E-state index >= 15 is 0 Å². The molecule has 0 aliphatic carbocycles. The molecule has 0 fully saturated rings. The van der Waals surface area contributed by atoms with E-state index in [4.69, 9.17) is 4.74 Å². The van der Waals surface area contributed by atoms with E-state index in [9.17, 15) is 9.59 Å². The smallest absolute Gasteiger partial charge is 0.193 e. The molecule has 3 nitrogen and oxygen atoms in total. The van der Waals surface area contributed by atoms with Crippen LogP contribution in [-0.4, -0.2) is 19.2 Å². The fraction of sp³-hybridized carbons (Fsp3) is 0.0667. The van der Waals surface area contributed by atoms with Crippen molar-refractivity contribution in [3.63, 3.8) is 0 Å². The molecule has 0 N–H and O–H groups in total. The third-order valence-corrected chi connectivity index (χ3v) is 3.27. The standard InChI is InChI=1S/C15H11BrO3/c1-19-13-7-4-11(9-17)14(8-13)15(18)10-2-5-12(16)6-3-10/h2-9H,1H3. The van der Waals surface area contributed by atoms with E-state index in [2.05, 4.69) is 15.9 Å². The summed E-state index contributed by atoms with van der Waals surface area (Å²) in [4.78, 5) is 23.4. The molecule has 0 spiro atoms. The highest BCUT2D eigenvalue weighted by atomic mass is 79.9. The van der Waals surface area contributed by atoms with Crippen molar-refractivity contribution in [3.8, 4) is 5.75 Å². The van der Waals surface area contributed by atoms with Gasteiger partial charge in [0.05, 0.1) is 7.11 Å². The SMILES string of the molecule is COc1ccc(C=O)c(C(=O)c2ccc(Br)cc2)c1. The van der Waals surface area contributed by atoms with Crippen LogP contribution >= 0.6 is 15.9 Å². The summed E-state index contributed by atoms with van der Waals surface area (Å²) in [5.41, 5.74) is 1.23. The van der Waals surface area contributed by atoms with Crippen LogP contribution in [0.5, 0.6) is 5.75 Å². The first kappa shape index (κ1) is 13.5. The molecule has 0 aliphatic rings. The molecule has 2 aromatic rings. The number of hydrogen-bond donors (Lipinski definition) is 0. The van der Waals surface area contributed by atoms with E-state index in [-0.39, 0.29) is 5.78 Å². The molecule has 96 valence electrons. The van der Waals surface area contributed by atoms with Gasteiger partial charge in [0, 0.05) is 21.2 Å². The highest BCUT2D eigenvalue weighted by Crippen LogP contribution is 2.21. The number of ketones is 1. The maximum absolute atomic E-state index is 12.4. The minimum absolute atomic E-state index is 0.200. The van der Waals surface area contributed by atoms with E-state index in [1.54, 1.807) is 42.5 Å². The van der Waals surface area contributed by atoms with Gasteiger partial charge in [0.15, 0.2) is 12.1 Å². The minimum Gasteiger partial charge on any atom is -0.497 e. The van der Waals surface area contributed by atoms with Crippen LogP contribution in [0.3, 0.4) is 0 Å². The number of carbonyl (C=O) groups is 2. The predicted octanol–water partition coefficient (Wildman–Crippen LogP) is 3.50. The average molecular weight is 319 g/mol. The summed E-state index contributed by atoms with van der Waals surface area (Å²) < 4.78 is 5.98. The van der Waals surface area contributed by atoms with Crippen LogP contribution < -0.4 is 4.74 Å². The summed E-state index contributed by atoms with van der Waals surface area (Å²) in [6, 6.07) is 11.8. The molecule has 0 amide bonds. The zero-order valence-corrected chi connectivity index (χ0v) is 11.8. The molecule has 0 bridgehead atoms. The van der Waals surface area contributed by atoms with Gasteiger partial charge in [0.25, 0.3) is 0 Å².